The molecule has 2 aliphatic carbocycles. The van der Waals surface area contributed by atoms with E-state index in [1.807, 2.05) is 19.1 Å². The van der Waals surface area contributed by atoms with Crippen molar-refractivity contribution in [2.45, 2.75) is 120 Å². The molecular formula is C38H47F3N8O8S. The molecule has 1 unspecified atom stereocenters. The molecule has 2 saturated carbocycles. The minimum atomic E-state index is -4.92. The molecule has 4 amide bonds. The number of sulfonamides is 1. The molecule has 0 radical (unpaired) electrons. The second kappa shape index (κ2) is 14.7. The van der Waals surface area contributed by atoms with Crippen molar-refractivity contribution in [2.75, 3.05) is 6.54 Å². The number of nitrogens with zero attached hydrogens (tertiary/aromatic N) is 5. The van der Waals surface area contributed by atoms with Gasteiger partial charge in [0.1, 0.15) is 30.1 Å². The zero-order valence-electron chi connectivity index (χ0n) is 32.7. The molecule has 3 fully saturated rings. The van der Waals surface area contributed by atoms with Crippen molar-refractivity contribution < 1.29 is 50.2 Å². The Morgan fingerprint density at radius 3 is 2.52 bits per heavy atom. The number of carbonyl (C=O) groups excluding carboxylic acids is 4. The molecule has 2 aliphatic heterocycles. The van der Waals surface area contributed by atoms with Gasteiger partial charge in [0.2, 0.25) is 33.3 Å². The molecule has 16 nitrogen and oxygen atoms in total. The van der Waals surface area contributed by atoms with E-state index in [1.165, 1.54) is 18.2 Å². The van der Waals surface area contributed by atoms with E-state index >= 15 is 0 Å². The van der Waals surface area contributed by atoms with Crippen LogP contribution in [0.25, 0.3) is 16.7 Å². The number of aromatic nitrogens is 4. The quantitative estimate of drug-likeness (QED) is 0.291. The highest BCUT2D eigenvalue weighted by atomic mass is 32.2. The lowest BCUT2D eigenvalue weighted by Gasteiger charge is -2.34. The number of halogens is 3. The molecule has 3 N–H and O–H groups in total. The van der Waals surface area contributed by atoms with Crippen molar-refractivity contribution in [1.29, 1.82) is 0 Å². The number of rotatable bonds is 7. The van der Waals surface area contributed by atoms with Gasteiger partial charge in [-0.05, 0) is 83.3 Å². The summed E-state index contributed by atoms with van der Waals surface area (Å²) in [7, 11) is -4.08. The summed E-state index contributed by atoms with van der Waals surface area (Å²) < 4.78 is 81.6. The van der Waals surface area contributed by atoms with E-state index in [-0.39, 0.29) is 37.0 Å². The number of amides is 4. The Balaban J connectivity index is 1.24. The Labute approximate surface area is 332 Å². The molecule has 0 spiro atoms. The van der Waals surface area contributed by atoms with Crippen LogP contribution in [-0.2, 0) is 29.1 Å². The van der Waals surface area contributed by atoms with Gasteiger partial charge in [-0.25, -0.2) is 13.2 Å². The zero-order chi connectivity index (χ0) is 42.0. The number of alkyl halides is 3. The number of para-hydroxylation sites is 1. The van der Waals surface area contributed by atoms with Crippen LogP contribution in [0.4, 0.5) is 18.0 Å². The second-order valence-electron chi connectivity index (χ2n) is 16.9. The highest BCUT2D eigenvalue weighted by Crippen LogP contribution is 2.48. The first-order chi connectivity index (χ1) is 27.1. The molecule has 1 aromatic carbocycles. The largest absolute Gasteiger partial charge is 0.472 e. The van der Waals surface area contributed by atoms with Gasteiger partial charge in [0.05, 0.1) is 22.2 Å². The summed E-state index contributed by atoms with van der Waals surface area (Å²) in [6, 6.07) is 4.36. The van der Waals surface area contributed by atoms with E-state index in [4.69, 9.17) is 9.47 Å². The first-order valence-electron chi connectivity index (χ1n) is 19.3. The lowest BCUT2D eigenvalue weighted by atomic mass is 9.88. The number of ether oxygens (including phenoxy) is 2. The van der Waals surface area contributed by atoms with Crippen LogP contribution in [0.15, 0.2) is 42.7 Å². The number of nitrogens with one attached hydrogen (secondary N) is 3. The summed E-state index contributed by atoms with van der Waals surface area (Å²) in [5, 5.41) is 13.7. The lowest BCUT2D eigenvalue weighted by Crippen LogP contribution is -2.59. The van der Waals surface area contributed by atoms with E-state index in [0.717, 1.165) is 0 Å². The highest BCUT2D eigenvalue weighted by Gasteiger charge is 2.63. The maximum absolute atomic E-state index is 14.8. The Morgan fingerprint density at radius 1 is 1.09 bits per heavy atom. The average Bonchev–Trinajstić information content (AvgIpc) is 3.92. The minimum absolute atomic E-state index is 0.0437. The number of benzene rings is 1. The predicted molar refractivity (Wildman–Crippen MR) is 201 cm³/mol. The minimum Gasteiger partial charge on any atom is -0.472 e. The first kappa shape index (κ1) is 41.2. The summed E-state index contributed by atoms with van der Waals surface area (Å²) in [5.74, 6) is -3.37. The van der Waals surface area contributed by atoms with E-state index in [1.54, 1.807) is 35.6 Å². The molecule has 4 heterocycles. The van der Waals surface area contributed by atoms with Crippen molar-refractivity contribution in [2.24, 2.45) is 17.8 Å². The molecule has 4 aliphatic rings. The van der Waals surface area contributed by atoms with Crippen LogP contribution in [0.5, 0.6) is 5.88 Å². The summed E-state index contributed by atoms with van der Waals surface area (Å²) in [4.78, 5) is 62.1. The third-order valence-electron chi connectivity index (χ3n) is 12.0. The van der Waals surface area contributed by atoms with Gasteiger partial charge in [-0.15, -0.1) is 10.2 Å². The van der Waals surface area contributed by atoms with Gasteiger partial charge in [0.15, 0.2) is 0 Å². The summed E-state index contributed by atoms with van der Waals surface area (Å²) in [6.07, 6.45) is 0.0488. The van der Waals surface area contributed by atoms with Crippen LogP contribution >= 0.6 is 0 Å². The number of allylic oxidation sites excluding steroid dienone is 1. The predicted octanol–water partition coefficient (Wildman–Crippen LogP) is 3.95. The van der Waals surface area contributed by atoms with Gasteiger partial charge < -0.3 is 25.0 Å². The van der Waals surface area contributed by atoms with Crippen molar-refractivity contribution in [3.05, 3.63) is 42.7 Å². The average molecular weight is 833 g/mol. The Morgan fingerprint density at radius 2 is 1.81 bits per heavy atom. The molecule has 7 atom stereocenters. The van der Waals surface area contributed by atoms with E-state index in [9.17, 15) is 40.8 Å². The molecule has 20 heteroatoms. The molecule has 3 aromatic rings. The normalized spacial score (nSPS) is 29.6. The molecule has 7 rings (SSSR count). The number of hydrogen-bond donors (Lipinski definition) is 3. The van der Waals surface area contributed by atoms with Crippen LogP contribution in [0, 0.1) is 17.8 Å². The smallest absolute Gasteiger partial charge is 0.427 e. The standard InChI is InChI=1S/C38H47F3N8O8S/c1-21-10-6-7-11-23-18-37(23,32(52)47-58(54,55)36(5)14-15-36)45-29(50)27-17-24(56-30-25-12-8-9-13-26(25)49-20-42-46-33(49)44-30)19-48(27)31(51)28(22(2)16-21)43-34(53)57-35(3,4)38(39,40)41/h7-9,11-13,20-24,27-28H,6,10,14-19H2,1-5H3,(H,43,53)(H,45,50)(H,47,52)/b11-7-/t21-,22-,23-,24-,27+,28?,37-/m1/s1. The van der Waals surface area contributed by atoms with E-state index in [0.29, 0.717) is 56.9 Å². The van der Waals surface area contributed by atoms with Crippen LogP contribution in [-0.4, -0.2) is 104 Å². The summed E-state index contributed by atoms with van der Waals surface area (Å²) >= 11 is 0. The monoisotopic (exact) mass is 832 g/mol. The van der Waals surface area contributed by atoms with Crippen LogP contribution < -0.4 is 20.1 Å². The molecule has 1 saturated heterocycles. The maximum atomic E-state index is 14.8. The van der Waals surface area contributed by atoms with Gasteiger partial charge in [-0.2, -0.15) is 18.2 Å². The van der Waals surface area contributed by atoms with Crippen molar-refractivity contribution >= 4 is 50.5 Å². The lowest BCUT2D eigenvalue weighted by molar-refractivity contribution is -0.244. The maximum Gasteiger partial charge on any atom is 0.427 e. The fraction of sp³-hybridized carbons (Fsp3) is 0.605. The van der Waals surface area contributed by atoms with E-state index in [2.05, 4.69) is 30.5 Å². The van der Waals surface area contributed by atoms with Gasteiger partial charge in [-0.1, -0.05) is 38.1 Å². The number of hydrogen-bond acceptors (Lipinski definition) is 11. The van der Waals surface area contributed by atoms with Crippen LogP contribution in [0.2, 0.25) is 0 Å². The molecule has 314 valence electrons. The third-order valence-corrected chi connectivity index (χ3v) is 14.1. The van der Waals surface area contributed by atoms with Crippen LogP contribution in [0.3, 0.4) is 0 Å². The second-order valence-corrected chi connectivity index (χ2v) is 19.1. The fourth-order valence-electron chi connectivity index (χ4n) is 7.78. The molecular weight excluding hydrogens is 786 g/mol. The number of alkyl carbamates (subject to hydrolysis) is 1. The molecule has 0 bridgehead atoms. The number of fused-ring (bicyclic) bond motifs is 5. The number of carbonyl (C=O) groups is 4. The highest BCUT2D eigenvalue weighted by molar-refractivity contribution is 7.91. The van der Waals surface area contributed by atoms with Crippen molar-refractivity contribution in [3.8, 4) is 5.88 Å². The summed E-state index contributed by atoms with van der Waals surface area (Å²) in [5.41, 5.74) is -3.88. The topological polar surface area (TPSA) is 203 Å². The molecule has 2 aromatic heterocycles. The van der Waals surface area contributed by atoms with Crippen molar-refractivity contribution in [3.63, 3.8) is 0 Å². The Bertz CT molecular complexity index is 2280. The van der Waals surface area contributed by atoms with Gasteiger partial charge >= 0.3 is 12.3 Å². The van der Waals surface area contributed by atoms with E-state index < -0.39 is 85.9 Å². The summed E-state index contributed by atoms with van der Waals surface area (Å²) in [6.45, 7) is 6.30. The Kier molecular flexibility index (Phi) is 10.4. The van der Waals surface area contributed by atoms with Gasteiger partial charge in [-0.3, -0.25) is 23.5 Å². The van der Waals surface area contributed by atoms with Crippen molar-refractivity contribution in [1.82, 2.24) is 39.8 Å². The Hall–Kier alpha value is -5.01. The first-order valence-corrected chi connectivity index (χ1v) is 20.8. The SMILES string of the molecule is C[C@@H]1CC/C=C\[C@@H]2C[C@@]2(C(=O)NS(=O)(=O)C2(C)CC2)NC(=O)[C@@H]2C[C@@H](Oc3nc4nncn4c4ccccc34)CN2C(=O)C(NC(=O)OC(C)(C)C(F)(F)F)[C@H](C)C1. The zero-order valence-corrected chi connectivity index (χ0v) is 33.5. The third kappa shape index (κ3) is 7.78. The van der Waals surface area contributed by atoms with Crippen LogP contribution in [0.1, 0.15) is 79.6 Å². The molecule has 58 heavy (non-hydrogen) atoms. The van der Waals surface area contributed by atoms with Gasteiger partial charge in [0, 0.05) is 12.3 Å². The van der Waals surface area contributed by atoms with Gasteiger partial charge in [0.25, 0.3) is 11.7 Å². The fourth-order valence-corrected chi connectivity index (χ4v) is 9.09.